The Morgan fingerprint density at radius 1 is 1.07 bits per heavy atom. The molecule has 2 aromatic rings. The van der Waals surface area contributed by atoms with Crippen LogP contribution in [0.5, 0.6) is 0 Å². The molecule has 73 valence electrons. The summed E-state index contributed by atoms with van der Waals surface area (Å²) in [5.41, 5.74) is 0.903. The Kier molecular flexibility index (Phi) is 2.59. The molecule has 2 rings (SSSR count). The van der Waals surface area contributed by atoms with Crippen LogP contribution in [0, 0.1) is 11.9 Å². The molecule has 0 aliphatic rings. The number of rotatable bonds is 2. The molecule has 15 heavy (non-hydrogen) atoms. The number of halogens is 1. The van der Waals surface area contributed by atoms with Crippen LogP contribution >= 0.6 is 0 Å². The lowest BCUT2D eigenvalue weighted by molar-refractivity contribution is 0.103. The zero-order valence-corrected chi connectivity index (χ0v) is 7.91. The molecule has 0 saturated heterocycles. The molecule has 2 aromatic carbocycles. The predicted molar refractivity (Wildman–Crippen MR) is 55.1 cm³/mol. The highest BCUT2D eigenvalue weighted by molar-refractivity contribution is 6.08. The second kappa shape index (κ2) is 4.05. The Labute approximate surface area is 87.2 Å². The van der Waals surface area contributed by atoms with Crippen molar-refractivity contribution >= 4 is 5.78 Å². The first-order chi connectivity index (χ1) is 7.27. The topological polar surface area (TPSA) is 17.1 Å². The SMILES string of the molecule is O=C(c1cc[c]cc1)c1cccc(F)c1. The fourth-order valence-electron chi connectivity index (χ4n) is 1.33. The average Bonchev–Trinajstić information content (AvgIpc) is 2.29. The number of carbonyl (C=O) groups excluding carboxylic acids is 1. The van der Waals surface area contributed by atoms with Gasteiger partial charge in [-0.1, -0.05) is 36.4 Å². The molecule has 0 fully saturated rings. The normalized spacial score (nSPS) is 9.93. The van der Waals surface area contributed by atoms with E-state index in [-0.39, 0.29) is 5.78 Å². The van der Waals surface area contributed by atoms with Crippen molar-refractivity contribution in [2.45, 2.75) is 0 Å². The first kappa shape index (κ1) is 9.59. The van der Waals surface area contributed by atoms with E-state index in [1.165, 1.54) is 18.2 Å². The first-order valence-corrected chi connectivity index (χ1v) is 4.54. The van der Waals surface area contributed by atoms with E-state index in [1.54, 1.807) is 30.3 Å². The lowest BCUT2D eigenvalue weighted by Crippen LogP contribution is -2.00. The minimum absolute atomic E-state index is 0.177. The van der Waals surface area contributed by atoms with E-state index in [0.717, 1.165) is 0 Å². The molecular weight excluding hydrogens is 191 g/mol. The van der Waals surface area contributed by atoms with Gasteiger partial charge in [0.15, 0.2) is 5.78 Å². The van der Waals surface area contributed by atoms with Crippen molar-refractivity contribution in [2.24, 2.45) is 0 Å². The van der Waals surface area contributed by atoms with E-state index in [4.69, 9.17) is 0 Å². The van der Waals surface area contributed by atoms with E-state index in [1.807, 2.05) is 0 Å². The largest absolute Gasteiger partial charge is 0.289 e. The minimum Gasteiger partial charge on any atom is -0.289 e. The fourth-order valence-corrected chi connectivity index (χ4v) is 1.33. The van der Waals surface area contributed by atoms with E-state index in [2.05, 4.69) is 6.07 Å². The maximum absolute atomic E-state index is 12.9. The van der Waals surface area contributed by atoms with Gasteiger partial charge in [-0.2, -0.15) is 0 Å². The van der Waals surface area contributed by atoms with Crippen LogP contribution in [-0.4, -0.2) is 5.78 Å². The van der Waals surface area contributed by atoms with Gasteiger partial charge in [-0.05, 0) is 18.2 Å². The molecule has 0 unspecified atom stereocenters. The third kappa shape index (κ3) is 2.10. The zero-order chi connectivity index (χ0) is 10.7. The van der Waals surface area contributed by atoms with Gasteiger partial charge in [-0.15, -0.1) is 0 Å². The maximum atomic E-state index is 12.9. The van der Waals surface area contributed by atoms with Gasteiger partial charge < -0.3 is 0 Å². The number of carbonyl (C=O) groups is 1. The summed E-state index contributed by atoms with van der Waals surface area (Å²) in [6, 6.07) is 15.1. The van der Waals surface area contributed by atoms with E-state index < -0.39 is 5.82 Å². The summed E-state index contributed by atoms with van der Waals surface area (Å²) in [6.07, 6.45) is 0. The Morgan fingerprint density at radius 2 is 1.80 bits per heavy atom. The Hall–Kier alpha value is -1.96. The van der Waals surface area contributed by atoms with Crippen LogP contribution in [0.3, 0.4) is 0 Å². The predicted octanol–water partition coefficient (Wildman–Crippen LogP) is 2.86. The molecule has 1 nitrogen and oxygen atoms in total. The van der Waals surface area contributed by atoms with Crippen molar-refractivity contribution in [2.75, 3.05) is 0 Å². The lowest BCUT2D eigenvalue weighted by atomic mass is 10.0. The fraction of sp³-hybridized carbons (Fsp3) is 0. The molecule has 0 N–H and O–H groups in total. The minimum atomic E-state index is -0.400. The third-order valence-electron chi connectivity index (χ3n) is 2.07. The highest BCUT2D eigenvalue weighted by Gasteiger charge is 2.08. The molecule has 0 aliphatic carbocycles. The summed E-state index contributed by atoms with van der Waals surface area (Å²) < 4.78 is 12.9. The molecule has 0 aromatic heterocycles. The molecular formula is C13H8FO. The first-order valence-electron chi connectivity index (χ1n) is 4.54. The van der Waals surface area contributed by atoms with E-state index in [9.17, 15) is 9.18 Å². The molecule has 2 heteroatoms. The van der Waals surface area contributed by atoms with Gasteiger partial charge >= 0.3 is 0 Å². The number of hydrogen-bond acceptors (Lipinski definition) is 1. The number of hydrogen-bond donors (Lipinski definition) is 0. The standard InChI is InChI=1S/C13H8FO/c14-12-8-4-7-11(9-12)13(15)10-5-2-1-3-6-10/h2-9H. The van der Waals surface area contributed by atoms with Crippen LogP contribution in [0.1, 0.15) is 15.9 Å². The molecule has 0 bridgehead atoms. The van der Waals surface area contributed by atoms with Crippen LogP contribution in [-0.2, 0) is 0 Å². The second-order valence-electron chi connectivity index (χ2n) is 3.13. The average molecular weight is 199 g/mol. The van der Waals surface area contributed by atoms with Gasteiger partial charge in [0.1, 0.15) is 5.82 Å². The van der Waals surface area contributed by atoms with Crippen molar-refractivity contribution in [1.82, 2.24) is 0 Å². The maximum Gasteiger partial charge on any atom is 0.193 e. The summed E-state index contributed by atoms with van der Waals surface area (Å²) >= 11 is 0. The number of benzene rings is 2. The highest BCUT2D eigenvalue weighted by atomic mass is 19.1. The van der Waals surface area contributed by atoms with Gasteiger partial charge in [0, 0.05) is 11.1 Å². The van der Waals surface area contributed by atoms with E-state index >= 15 is 0 Å². The Balaban J connectivity index is 2.37. The lowest BCUT2D eigenvalue weighted by Gasteiger charge is -2.00. The summed E-state index contributed by atoms with van der Waals surface area (Å²) in [5.74, 6) is -0.577. The van der Waals surface area contributed by atoms with Crippen molar-refractivity contribution in [3.63, 3.8) is 0 Å². The van der Waals surface area contributed by atoms with Gasteiger partial charge in [0.25, 0.3) is 0 Å². The Bertz CT molecular complexity index is 477. The van der Waals surface area contributed by atoms with Crippen LogP contribution < -0.4 is 0 Å². The van der Waals surface area contributed by atoms with Crippen LogP contribution in [0.2, 0.25) is 0 Å². The summed E-state index contributed by atoms with van der Waals surface area (Å²) in [7, 11) is 0. The highest BCUT2D eigenvalue weighted by Crippen LogP contribution is 2.10. The van der Waals surface area contributed by atoms with Crippen molar-refractivity contribution < 1.29 is 9.18 Å². The van der Waals surface area contributed by atoms with Gasteiger partial charge in [0.2, 0.25) is 0 Å². The zero-order valence-electron chi connectivity index (χ0n) is 7.91. The monoisotopic (exact) mass is 199 g/mol. The smallest absolute Gasteiger partial charge is 0.193 e. The van der Waals surface area contributed by atoms with Crippen LogP contribution in [0.4, 0.5) is 4.39 Å². The Morgan fingerprint density at radius 3 is 2.47 bits per heavy atom. The van der Waals surface area contributed by atoms with Gasteiger partial charge in [-0.25, -0.2) is 4.39 Å². The van der Waals surface area contributed by atoms with Crippen LogP contribution in [0.15, 0.2) is 48.5 Å². The van der Waals surface area contributed by atoms with Crippen LogP contribution in [0.25, 0.3) is 0 Å². The molecule has 0 spiro atoms. The molecule has 0 atom stereocenters. The molecule has 0 heterocycles. The molecule has 0 aliphatic heterocycles. The van der Waals surface area contributed by atoms with Gasteiger partial charge in [0.05, 0.1) is 0 Å². The summed E-state index contributed by atoms with van der Waals surface area (Å²) in [6.45, 7) is 0. The quantitative estimate of drug-likeness (QED) is 0.680. The summed E-state index contributed by atoms with van der Waals surface area (Å²) in [5, 5.41) is 0. The number of ketones is 1. The van der Waals surface area contributed by atoms with E-state index in [0.29, 0.717) is 11.1 Å². The molecule has 0 saturated carbocycles. The van der Waals surface area contributed by atoms with Gasteiger partial charge in [-0.3, -0.25) is 4.79 Å². The molecule has 1 radical (unpaired) electrons. The van der Waals surface area contributed by atoms with Crippen molar-refractivity contribution in [3.05, 3.63) is 71.5 Å². The van der Waals surface area contributed by atoms with Crippen molar-refractivity contribution in [1.29, 1.82) is 0 Å². The molecule has 0 amide bonds. The second-order valence-corrected chi connectivity index (χ2v) is 3.13. The van der Waals surface area contributed by atoms with Crippen molar-refractivity contribution in [3.8, 4) is 0 Å². The third-order valence-corrected chi connectivity index (χ3v) is 2.07. The summed E-state index contributed by atoms with van der Waals surface area (Å²) in [4.78, 5) is 11.8.